The van der Waals surface area contributed by atoms with Gasteiger partial charge in [-0.15, -0.1) is 0 Å². The van der Waals surface area contributed by atoms with Crippen LogP contribution in [0.1, 0.15) is 19.4 Å². The molecule has 1 aromatic rings. The third-order valence-corrected chi connectivity index (χ3v) is 3.33. The van der Waals surface area contributed by atoms with Gasteiger partial charge in [0.2, 0.25) is 0 Å². The Morgan fingerprint density at radius 3 is 2.67 bits per heavy atom. The molecule has 0 aromatic heterocycles. The van der Waals surface area contributed by atoms with E-state index in [-0.39, 0.29) is 0 Å². The first-order valence-electron chi connectivity index (χ1n) is 6.27. The van der Waals surface area contributed by atoms with E-state index in [0.717, 1.165) is 29.9 Å². The molecule has 0 heterocycles. The molecule has 4 heteroatoms. The summed E-state index contributed by atoms with van der Waals surface area (Å²) < 4.78 is 6.24. The summed E-state index contributed by atoms with van der Waals surface area (Å²) in [6.45, 7) is 7.34. The first-order valence-corrected chi connectivity index (χ1v) is 7.06. The highest BCUT2D eigenvalue weighted by Crippen LogP contribution is 2.25. The van der Waals surface area contributed by atoms with Crippen molar-refractivity contribution in [2.75, 3.05) is 27.2 Å². The van der Waals surface area contributed by atoms with Crippen LogP contribution < -0.4 is 10.1 Å². The van der Waals surface area contributed by atoms with Gasteiger partial charge in [-0.3, -0.25) is 0 Å². The van der Waals surface area contributed by atoms with E-state index in [0.29, 0.717) is 6.04 Å². The van der Waals surface area contributed by atoms with Crippen molar-refractivity contribution < 1.29 is 4.74 Å². The normalized spacial score (nSPS) is 11.3. The van der Waals surface area contributed by atoms with Crippen LogP contribution in [0.4, 0.5) is 0 Å². The van der Waals surface area contributed by atoms with Crippen molar-refractivity contribution in [1.29, 1.82) is 0 Å². The average Bonchev–Trinajstić information content (AvgIpc) is 2.28. The van der Waals surface area contributed by atoms with Crippen molar-refractivity contribution >= 4 is 15.9 Å². The Kier molecular flexibility index (Phi) is 6.68. The second-order valence-electron chi connectivity index (χ2n) is 4.82. The second kappa shape index (κ2) is 7.77. The second-order valence-corrected chi connectivity index (χ2v) is 5.67. The number of halogens is 1. The molecule has 0 amide bonds. The summed E-state index contributed by atoms with van der Waals surface area (Å²) in [6, 6.07) is 6.77. The standard InChI is InChI=1S/C14H23BrN2O/c1-11(2)16-7-8-17(3)10-12-5-6-14(18-4)13(15)9-12/h5-6,9,11,16H,7-8,10H2,1-4H3. The van der Waals surface area contributed by atoms with Gasteiger partial charge in [0, 0.05) is 25.7 Å². The molecular formula is C14H23BrN2O. The molecular weight excluding hydrogens is 292 g/mol. The van der Waals surface area contributed by atoms with Crippen molar-refractivity contribution in [3.63, 3.8) is 0 Å². The van der Waals surface area contributed by atoms with Gasteiger partial charge < -0.3 is 15.0 Å². The zero-order valence-corrected chi connectivity index (χ0v) is 13.3. The SMILES string of the molecule is COc1ccc(CN(C)CCNC(C)C)cc1Br. The molecule has 0 saturated carbocycles. The zero-order valence-electron chi connectivity index (χ0n) is 11.7. The maximum Gasteiger partial charge on any atom is 0.133 e. The number of hydrogen-bond donors (Lipinski definition) is 1. The molecule has 0 spiro atoms. The van der Waals surface area contributed by atoms with Gasteiger partial charge in [0.15, 0.2) is 0 Å². The molecule has 0 unspecified atom stereocenters. The summed E-state index contributed by atoms with van der Waals surface area (Å²) >= 11 is 3.51. The lowest BCUT2D eigenvalue weighted by atomic mass is 10.2. The van der Waals surface area contributed by atoms with E-state index >= 15 is 0 Å². The van der Waals surface area contributed by atoms with Crippen LogP contribution in [0.2, 0.25) is 0 Å². The summed E-state index contributed by atoms with van der Waals surface area (Å²) in [5, 5.41) is 3.42. The van der Waals surface area contributed by atoms with Crippen LogP contribution in [-0.2, 0) is 6.54 Å². The minimum absolute atomic E-state index is 0.550. The Bertz CT molecular complexity index is 369. The number of likely N-dealkylation sites (N-methyl/N-ethyl adjacent to an activating group) is 1. The Balaban J connectivity index is 2.44. The van der Waals surface area contributed by atoms with E-state index in [1.165, 1.54) is 5.56 Å². The summed E-state index contributed by atoms with van der Waals surface area (Å²) in [4.78, 5) is 2.31. The number of benzene rings is 1. The van der Waals surface area contributed by atoms with Crippen LogP contribution in [0.5, 0.6) is 5.75 Å². The van der Waals surface area contributed by atoms with Crippen molar-refractivity contribution in [3.05, 3.63) is 28.2 Å². The number of methoxy groups -OCH3 is 1. The van der Waals surface area contributed by atoms with E-state index in [1.807, 2.05) is 6.07 Å². The summed E-state index contributed by atoms with van der Waals surface area (Å²) in [6.07, 6.45) is 0. The Morgan fingerprint density at radius 2 is 2.11 bits per heavy atom. The number of ether oxygens (including phenoxy) is 1. The molecule has 0 aliphatic carbocycles. The molecule has 0 aliphatic heterocycles. The predicted molar refractivity (Wildman–Crippen MR) is 80.2 cm³/mol. The van der Waals surface area contributed by atoms with Gasteiger partial charge in [-0.2, -0.15) is 0 Å². The summed E-state index contributed by atoms with van der Waals surface area (Å²) in [5.74, 6) is 0.878. The van der Waals surface area contributed by atoms with Crippen LogP contribution in [-0.4, -0.2) is 38.2 Å². The minimum Gasteiger partial charge on any atom is -0.496 e. The number of nitrogens with zero attached hydrogens (tertiary/aromatic N) is 1. The molecule has 1 aromatic carbocycles. The number of rotatable bonds is 7. The monoisotopic (exact) mass is 314 g/mol. The Hall–Kier alpha value is -0.580. The Morgan fingerprint density at radius 1 is 1.39 bits per heavy atom. The molecule has 0 atom stereocenters. The number of hydrogen-bond acceptors (Lipinski definition) is 3. The number of nitrogens with one attached hydrogen (secondary N) is 1. The largest absolute Gasteiger partial charge is 0.496 e. The molecule has 1 N–H and O–H groups in total. The summed E-state index contributed by atoms with van der Waals surface area (Å²) in [5.41, 5.74) is 1.29. The van der Waals surface area contributed by atoms with Crippen molar-refractivity contribution in [2.45, 2.75) is 26.4 Å². The maximum atomic E-state index is 5.23. The van der Waals surface area contributed by atoms with Gasteiger partial charge in [-0.25, -0.2) is 0 Å². The van der Waals surface area contributed by atoms with Crippen LogP contribution >= 0.6 is 15.9 Å². The third-order valence-electron chi connectivity index (χ3n) is 2.71. The van der Waals surface area contributed by atoms with E-state index < -0.39 is 0 Å². The van der Waals surface area contributed by atoms with E-state index in [2.05, 4.69) is 59.2 Å². The average molecular weight is 315 g/mol. The van der Waals surface area contributed by atoms with Crippen molar-refractivity contribution in [3.8, 4) is 5.75 Å². The fraction of sp³-hybridized carbons (Fsp3) is 0.571. The smallest absolute Gasteiger partial charge is 0.133 e. The molecule has 0 fully saturated rings. The van der Waals surface area contributed by atoms with Gasteiger partial charge in [-0.05, 0) is 40.7 Å². The highest BCUT2D eigenvalue weighted by Gasteiger charge is 2.04. The van der Waals surface area contributed by atoms with Gasteiger partial charge in [0.1, 0.15) is 5.75 Å². The van der Waals surface area contributed by atoms with Crippen LogP contribution in [0.3, 0.4) is 0 Å². The van der Waals surface area contributed by atoms with Crippen LogP contribution in [0, 0.1) is 0 Å². The van der Waals surface area contributed by atoms with Crippen LogP contribution in [0.25, 0.3) is 0 Å². The van der Waals surface area contributed by atoms with Gasteiger partial charge in [0.05, 0.1) is 11.6 Å². The maximum absolute atomic E-state index is 5.23. The molecule has 3 nitrogen and oxygen atoms in total. The van der Waals surface area contributed by atoms with Crippen molar-refractivity contribution in [1.82, 2.24) is 10.2 Å². The van der Waals surface area contributed by atoms with Crippen LogP contribution in [0.15, 0.2) is 22.7 Å². The van der Waals surface area contributed by atoms with Gasteiger partial charge in [-0.1, -0.05) is 19.9 Å². The van der Waals surface area contributed by atoms with E-state index in [4.69, 9.17) is 4.74 Å². The fourth-order valence-corrected chi connectivity index (χ4v) is 2.33. The minimum atomic E-state index is 0.550. The molecule has 0 aliphatic rings. The van der Waals surface area contributed by atoms with Crippen molar-refractivity contribution in [2.24, 2.45) is 0 Å². The molecule has 1 rings (SSSR count). The first kappa shape index (κ1) is 15.5. The van der Waals surface area contributed by atoms with Gasteiger partial charge in [0.25, 0.3) is 0 Å². The lowest BCUT2D eigenvalue weighted by Gasteiger charge is -2.18. The fourth-order valence-electron chi connectivity index (χ4n) is 1.74. The van der Waals surface area contributed by atoms with Gasteiger partial charge >= 0.3 is 0 Å². The van der Waals surface area contributed by atoms with E-state index in [1.54, 1.807) is 7.11 Å². The molecule has 0 bridgehead atoms. The molecule has 102 valence electrons. The first-order chi connectivity index (χ1) is 8.52. The lowest BCUT2D eigenvalue weighted by Crippen LogP contribution is -2.32. The lowest BCUT2D eigenvalue weighted by molar-refractivity contribution is 0.319. The van der Waals surface area contributed by atoms with E-state index in [9.17, 15) is 0 Å². The highest BCUT2D eigenvalue weighted by atomic mass is 79.9. The quantitative estimate of drug-likeness (QED) is 0.837. The topological polar surface area (TPSA) is 24.5 Å². The highest BCUT2D eigenvalue weighted by molar-refractivity contribution is 9.10. The molecule has 0 saturated heterocycles. The Labute approximate surface area is 119 Å². The zero-order chi connectivity index (χ0) is 13.5. The molecule has 0 radical (unpaired) electrons. The molecule has 18 heavy (non-hydrogen) atoms. The summed E-state index contributed by atoms with van der Waals surface area (Å²) in [7, 11) is 3.82. The predicted octanol–water partition coefficient (Wildman–Crippen LogP) is 2.89. The third kappa shape index (κ3) is 5.38.